The predicted octanol–water partition coefficient (Wildman–Crippen LogP) is 3.03. The fourth-order valence-corrected chi connectivity index (χ4v) is 2.75. The summed E-state index contributed by atoms with van der Waals surface area (Å²) >= 11 is 1.77. The zero-order valence-electron chi connectivity index (χ0n) is 11.0. The quantitative estimate of drug-likeness (QED) is 0.870. The van der Waals surface area contributed by atoms with E-state index in [1.807, 2.05) is 4.68 Å². The summed E-state index contributed by atoms with van der Waals surface area (Å²) in [5, 5.41) is 6.69. The first kappa shape index (κ1) is 13.3. The number of nitrogens with zero attached hydrogens (tertiary/aromatic N) is 2. The monoisotopic (exact) mass is 263 g/mol. The smallest absolute Gasteiger partial charge is 0.0640 e. The molecular formula is C14H21N3S. The molecule has 0 aliphatic rings. The molecule has 0 amide bonds. The second-order valence-electron chi connectivity index (χ2n) is 4.79. The van der Waals surface area contributed by atoms with Gasteiger partial charge in [-0.15, -0.1) is 11.3 Å². The van der Waals surface area contributed by atoms with Gasteiger partial charge in [0.25, 0.3) is 0 Å². The van der Waals surface area contributed by atoms with Gasteiger partial charge in [0, 0.05) is 29.6 Å². The Morgan fingerprint density at radius 1 is 1.39 bits per heavy atom. The first-order valence-corrected chi connectivity index (χ1v) is 7.39. The van der Waals surface area contributed by atoms with Crippen LogP contribution in [0.2, 0.25) is 0 Å². The number of thiophene rings is 1. The second-order valence-corrected chi connectivity index (χ2v) is 5.82. The lowest BCUT2D eigenvalue weighted by atomic mass is 10.1. The highest BCUT2D eigenvalue weighted by Crippen LogP contribution is 2.13. The molecule has 98 valence electrons. The third-order valence-electron chi connectivity index (χ3n) is 3.22. The molecule has 0 saturated carbocycles. The van der Waals surface area contributed by atoms with Crippen molar-refractivity contribution in [1.82, 2.24) is 9.78 Å². The summed E-state index contributed by atoms with van der Waals surface area (Å²) in [7, 11) is 0. The average Bonchev–Trinajstić information content (AvgIpc) is 2.99. The van der Waals surface area contributed by atoms with Gasteiger partial charge in [-0.3, -0.25) is 4.68 Å². The van der Waals surface area contributed by atoms with Gasteiger partial charge >= 0.3 is 0 Å². The van der Waals surface area contributed by atoms with Gasteiger partial charge in [-0.05, 0) is 37.3 Å². The number of hydrogen-bond donors (Lipinski definition) is 1. The van der Waals surface area contributed by atoms with Crippen molar-refractivity contribution in [3.8, 4) is 0 Å². The maximum absolute atomic E-state index is 6.17. The lowest BCUT2D eigenvalue weighted by Crippen LogP contribution is -2.25. The molecule has 2 atom stereocenters. The maximum atomic E-state index is 6.17. The molecular weight excluding hydrogens is 242 g/mol. The van der Waals surface area contributed by atoms with Gasteiger partial charge in [0.05, 0.1) is 5.69 Å². The Morgan fingerprint density at radius 3 is 2.89 bits per heavy atom. The van der Waals surface area contributed by atoms with Crippen LogP contribution in [-0.4, -0.2) is 15.8 Å². The minimum atomic E-state index is 0.156. The molecule has 2 unspecified atom stereocenters. The highest BCUT2D eigenvalue weighted by molar-refractivity contribution is 7.09. The molecule has 2 aromatic rings. The van der Waals surface area contributed by atoms with Crippen LogP contribution in [0.25, 0.3) is 0 Å². The fourth-order valence-electron chi connectivity index (χ4n) is 1.95. The molecule has 0 aliphatic heterocycles. The average molecular weight is 263 g/mol. The Bertz CT molecular complexity index is 461. The Hall–Kier alpha value is -1.13. The van der Waals surface area contributed by atoms with Crippen molar-refractivity contribution in [2.45, 2.75) is 45.2 Å². The number of nitrogens with two attached hydrogens (primary N) is 1. The SMILES string of the molecule is CCC(C)n1ccc(CC(N)Cc2cccs2)n1. The number of hydrogen-bond acceptors (Lipinski definition) is 3. The molecule has 2 N–H and O–H groups in total. The van der Waals surface area contributed by atoms with E-state index in [4.69, 9.17) is 5.73 Å². The van der Waals surface area contributed by atoms with Crippen LogP contribution in [-0.2, 0) is 12.8 Å². The third kappa shape index (κ3) is 3.43. The van der Waals surface area contributed by atoms with E-state index in [1.165, 1.54) is 4.88 Å². The molecule has 4 heteroatoms. The summed E-state index contributed by atoms with van der Waals surface area (Å²) in [5.74, 6) is 0. The standard InChI is InChI=1S/C14H21N3S/c1-3-11(2)17-7-6-13(16-17)9-12(15)10-14-5-4-8-18-14/h4-8,11-12H,3,9-10,15H2,1-2H3. The highest BCUT2D eigenvalue weighted by atomic mass is 32.1. The van der Waals surface area contributed by atoms with E-state index in [-0.39, 0.29) is 6.04 Å². The fraction of sp³-hybridized carbons (Fsp3) is 0.500. The van der Waals surface area contributed by atoms with Crippen LogP contribution < -0.4 is 5.73 Å². The van der Waals surface area contributed by atoms with Crippen LogP contribution in [0.1, 0.15) is 36.9 Å². The molecule has 0 spiro atoms. The Kier molecular flexibility index (Phi) is 4.55. The van der Waals surface area contributed by atoms with Crippen LogP contribution in [0.15, 0.2) is 29.8 Å². The van der Waals surface area contributed by atoms with E-state index in [0.29, 0.717) is 6.04 Å². The lowest BCUT2D eigenvalue weighted by molar-refractivity contribution is 0.471. The van der Waals surface area contributed by atoms with Gasteiger partial charge in [0.2, 0.25) is 0 Å². The molecule has 2 aromatic heterocycles. The van der Waals surface area contributed by atoms with Crippen molar-refractivity contribution in [3.05, 3.63) is 40.3 Å². The Morgan fingerprint density at radius 2 is 2.22 bits per heavy atom. The minimum Gasteiger partial charge on any atom is -0.327 e. The van der Waals surface area contributed by atoms with Crippen molar-refractivity contribution in [3.63, 3.8) is 0 Å². The summed E-state index contributed by atoms with van der Waals surface area (Å²) in [6.07, 6.45) is 4.94. The minimum absolute atomic E-state index is 0.156. The molecule has 2 heterocycles. The third-order valence-corrected chi connectivity index (χ3v) is 4.12. The van der Waals surface area contributed by atoms with Crippen molar-refractivity contribution < 1.29 is 0 Å². The predicted molar refractivity (Wildman–Crippen MR) is 76.9 cm³/mol. The van der Waals surface area contributed by atoms with Gasteiger partial charge in [0.15, 0.2) is 0 Å². The van der Waals surface area contributed by atoms with E-state index < -0.39 is 0 Å². The molecule has 18 heavy (non-hydrogen) atoms. The summed E-state index contributed by atoms with van der Waals surface area (Å²) in [6.45, 7) is 4.36. The summed E-state index contributed by atoms with van der Waals surface area (Å²) in [5.41, 5.74) is 7.27. The van der Waals surface area contributed by atoms with Crippen molar-refractivity contribution in [1.29, 1.82) is 0 Å². The van der Waals surface area contributed by atoms with Gasteiger partial charge < -0.3 is 5.73 Å². The van der Waals surface area contributed by atoms with Crippen LogP contribution in [0, 0.1) is 0 Å². The second kappa shape index (κ2) is 6.16. The topological polar surface area (TPSA) is 43.8 Å². The maximum Gasteiger partial charge on any atom is 0.0640 e. The molecule has 0 saturated heterocycles. The van der Waals surface area contributed by atoms with Crippen LogP contribution in [0.3, 0.4) is 0 Å². The molecule has 0 radical (unpaired) electrons. The lowest BCUT2D eigenvalue weighted by Gasteiger charge is -2.10. The van der Waals surface area contributed by atoms with Crippen LogP contribution >= 0.6 is 11.3 Å². The Labute approximate surface area is 113 Å². The Balaban J connectivity index is 1.90. The molecule has 0 aromatic carbocycles. The van der Waals surface area contributed by atoms with Gasteiger partial charge in [-0.25, -0.2) is 0 Å². The van der Waals surface area contributed by atoms with E-state index in [0.717, 1.165) is 25.0 Å². The normalized spacial score (nSPS) is 14.6. The molecule has 0 bridgehead atoms. The molecule has 0 fully saturated rings. The van der Waals surface area contributed by atoms with Gasteiger partial charge in [-0.2, -0.15) is 5.10 Å². The summed E-state index contributed by atoms with van der Waals surface area (Å²) in [6, 6.07) is 6.92. The summed E-state index contributed by atoms with van der Waals surface area (Å²) < 4.78 is 2.03. The largest absolute Gasteiger partial charge is 0.327 e. The number of aromatic nitrogens is 2. The molecule has 0 aliphatic carbocycles. The van der Waals surface area contributed by atoms with Gasteiger partial charge in [0.1, 0.15) is 0 Å². The van der Waals surface area contributed by atoms with E-state index in [2.05, 4.69) is 48.7 Å². The number of rotatable bonds is 6. The van der Waals surface area contributed by atoms with E-state index in [1.54, 1.807) is 11.3 Å². The van der Waals surface area contributed by atoms with E-state index in [9.17, 15) is 0 Å². The van der Waals surface area contributed by atoms with Crippen molar-refractivity contribution in [2.24, 2.45) is 5.73 Å². The van der Waals surface area contributed by atoms with Crippen molar-refractivity contribution in [2.75, 3.05) is 0 Å². The first-order chi connectivity index (χ1) is 8.69. The van der Waals surface area contributed by atoms with Crippen molar-refractivity contribution >= 4 is 11.3 Å². The molecule has 2 rings (SSSR count). The van der Waals surface area contributed by atoms with Crippen LogP contribution in [0.4, 0.5) is 0 Å². The van der Waals surface area contributed by atoms with E-state index >= 15 is 0 Å². The molecule has 3 nitrogen and oxygen atoms in total. The van der Waals surface area contributed by atoms with Crippen LogP contribution in [0.5, 0.6) is 0 Å². The zero-order chi connectivity index (χ0) is 13.0. The highest BCUT2D eigenvalue weighted by Gasteiger charge is 2.10. The zero-order valence-corrected chi connectivity index (χ0v) is 11.9. The van der Waals surface area contributed by atoms with Gasteiger partial charge in [-0.1, -0.05) is 13.0 Å². The summed E-state index contributed by atoms with van der Waals surface area (Å²) in [4.78, 5) is 1.35. The first-order valence-electron chi connectivity index (χ1n) is 6.51.